The molecule has 0 aromatic heterocycles. The zero-order valence-corrected chi connectivity index (χ0v) is 25.2. The molecule has 2 aliphatic heterocycles. The monoisotopic (exact) mass is 618 g/mol. The van der Waals surface area contributed by atoms with Gasteiger partial charge in [-0.25, -0.2) is 8.42 Å². The SMILES string of the molecule is C[C@H]1c2cc(NC(=O)c3ccccc3)c(OCc3ccccc3)cc2N(S(=O)(=O)c2ccccc2)[C@@H]1c1ccc2c(c1)OCO2. The molecule has 1 amide bonds. The molecule has 7 rings (SSSR count). The van der Waals surface area contributed by atoms with Crippen molar-refractivity contribution >= 4 is 27.3 Å². The molecule has 2 aliphatic rings. The third-order valence-electron chi connectivity index (χ3n) is 8.14. The van der Waals surface area contributed by atoms with Gasteiger partial charge in [-0.15, -0.1) is 0 Å². The Morgan fingerprint density at radius 1 is 0.844 bits per heavy atom. The summed E-state index contributed by atoms with van der Waals surface area (Å²) in [6.07, 6.45) is 0. The maximum absolute atomic E-state index is 14.5. The highest BCUT2D eigenvalue weighted by atomic mass is 32.2. The fraction of sp³-hybridized carbons (Fsp3) is 0.139. The Kier molecular flexibility index (Phi) is 7.39. The van der Waals surface area contributed by atoms with E-state index in [0.29, 0.717) is 34.2 Å². The summed E-state index contributed by atoms with van der Waals surface area (Å²) in [6.45, 7) is 2.32. The van der Waals surface area contributed by atoms with E-state index in [4.69, 9.17) is 14.2 Å². The molecule has 8 nitrogen and oxygen atoms in total. The molecule has 0 unspecified atom stereocenters. The Labute approximate surface area is 261 Å². The second-order valence-electron chi connectivity index (χ2n) is 11.0. The normalized spacial score (nSPS) is 16.7. The number of anilines is 2. The zero-order chi connectivity index (χ0) is 31.0. The van der Waals surface area contributed by atoms with E-state index in [2.05, 4.69) is 5.32 Å². The predicted octanol–water partition coefficient (Wildman–Crippen LogP) is 7.30. The van der Waals surface area contributed by atoms with Gasteiger partial charge >= 0.3 is 0 Å². The molecule has 2 heterocycles. The molecule has 9 heteroatoms. The van der Waals surface area contributed by atoms with Crippen molar-refractivity contribution < 1.29 is 27.4 Å². The number of fused-ring (bicyclic) bond motifs is 2. The van der Waals surface area contributed by atoms with Crippen LogP contribution in [0.3, 0.4) is 0 Å². The third-order valence-corrected chi connectivity index (χ3v) is 9.95. The van der Waals surface area contributed by atoms with Crippen molar-refractivity contribution in [2.45, 2.75) is 30.4 Å². The van der Waals surface area contributed by atoms with Crippen LogP contribution in [0.2, 0.25) is 0 Å². The summed E-state index contributed by atoms with van der Waals surface area (Å²) >= 11 is 0. The predicted molar refractivity (Wildman–Crippen MR) is 171 cm³/mol. The highest BCUT2D eigenvalue weighted by molar-refractivity contribution is 7.92. The molecular weight excluding hydrogens is 588 g/mol. The summed E-state index contributed by atoms with van der Waals surface area (Å²) in [5.41, 5.74) is 3.87. The molecule has 0 spiro atoms. The first kappa shape index (κ1) is 28.5. The molecule has 5 aromatic carbocycles. The molecule has 0 saturated heterocycles. The number of ether oxygens (including phenoxy) is 3. The highest BCUT2D eigenvalue weighted by Crippen LogP contribution is 2.54. The minimum atomic E-state index is -4.04. The van der Waals surface area contributed by atoms with Crippen LogP contribution in [0.15, 0.2) is 126 Å². The third kappa shape index (κ3) is 5.36. The minimum absolute atomic E-state index is 0.109. The van der Waals surface area contributed by atoms with Crippen LogP contribution in [0, 0.1) is 0 Å². The second-order valence-corrected chi connectivity index (χ2v) is 12.8. The van der Waals surface area contributed by atoms with Crippen LogP contribution < -0.4 is 23.8 Å². The van der Waals surface area contributed by atoms with E-state index in [1.807, 2.05) is 61.5 Å². The molecule has 5 aromatic rings. The molecule has 226 valence electrons. The van der Waals surface area contributed by atoms with Gasteiger partial charge in [0.05, 0.1) is 22.3 Å². The average Bonchev–Trinajstić information content (AvgIpc) is 3.66. The van der Waals surface area contributed by atoms with Crippen molar-refractivity contribution in [3.8, 4) is 17.2 Å². The number of rotatable bonds is 8. The van der Waals surface area contributed by atoms with E-state index in [1.54, 1.807) is 66.7 Å². The van der Waals surface area contributed by atoms with Gasteiger partial charge in [0.25, 0.3) is 15.9 Å². The minimum Gasteiger partial charge on any atom is -0.487 e. The van der Waals surface area contributed by atoms with Crippen LogP contribution in [0.5, 0.6) is 17.2 Å². The number of sulfonamides is 1. The number of carbonyl (C=O) groups excluding carboxylic acids is 1. The molecular formula is C36H30N2O6S. The number of benzene rings is 5. The van der Waals surface area contributed by atoms with Crippen molar-refractivity contribution in [3.05, 3.63) is 144 Å². The summed E-state index contributed by atoms with van der Waals surface area (Å²) in [5, 5.41) is 3.02. The second kappa shape index (κ2) is 11.7. The summed E-state index contributed by atoms with van der Waals surface area (Å²) in [7, 11) is -4.04. The molecule has 0 aliphatic carbocycles. The van der Waals surface area contributed by atoms with Crippen molar-refractivity contribution in [1.82, 2.24) is 0 Å². The van der Waals surface area contributed by atoms with E-state index < -0.39 is 16.1 Å². The fourth-order valence-electron chi connectivity index (χ4n) is 5.91. The lowest BCUT2D eigenvalue weighted by Gasteiger charge is -2.29. The van der Waals surface area contributed by atoms with Crippen molar-refractivity contribution in [2.24, 2.45) is 0 Å². The van der Waals surface area contributed by atoms with Gasteiger partial charge in [-0.2, -0.15) is 0 Å². The first-order valence-electron chi connectivity index (χ1n) is 14.6. The zero-order valence-electron chi connectivity index (χ0n) is 24.4. The molecule has 45 heavy (non-hydrogen) atoms. The van der Waals surface area contributed by atoms with Crippen LogP contribution in [0.4, 0.5) is 11.4 Å². The molecule has 0 radical (unpaired) electrons. The first-order valence-corrected chi connectivity index (χ1v) is 16.0. The Morgan fingerprint density at radius 2 is 1.51 bits per heavy atom. The first-order chi connectivity index (χ1) is 21.9. The van der Waals surface area contributed by atoms with E-state index in [1.165, 1.54) is 4.31 Å². The number of hydrogen-bond donors (Lipinski definition) is 1. The van der Waals surface area contributed by atoms with Gasteiger partial charge in [0.2, 0.25) is 6.79 Å². The summed E-state index contributed by atoms with van der Waals surface area (Å²) in [6, 6.07) is 35.4. The quantitative estimate of drug-likeness (QED) is 0.196. The number of nitrogens with one attached hydrogen (secondary N) is 1. The molecule has 2 atom stereocenters. The maximum Gasteiger partial charge on any atom is 0.264 e. The maximum atomic E-state index is 14.5. The van der Waals surface area contributed by atoms with Gasteiger partial charge in [0.1, 0.15) is 12.4 Å². The standard InChI is InChI=1S/C36H30N2O6S/c1-24-29-20-30(37-36(39)26-13-7-3-8-14-26)33(42-22-25-11-5-2-6-12-25)21-31(29)38(45(40,41)28-15-9-4-10-16-28)35(24)27-17-18-32-34(19-27)44-23-43-32/h2-21,24,35H,22-23H2,1H3,(H,37,39)/t24-,35-/m0/s1. The smallest absolute Gasteiger partial charge is 0.264 e. The number of hydrogen-bond acceptors (Lipinski definition) is 6. The lowest BCUT2D eigenvalue weighted by atomic mass is 9.91. The van der Waals surface area contributed by atoms with Gasteiger partial charge in [0, 0.05) is 17.5 Å². The molecule has 0 bridgehead atoms. The Morgan fingerprint density at radius 3 is 2.24 bits per heavy atom. The topological polar surface area (TPSA) is 94.2 Å². The van der Waals surface area contributed by atoms with Crippen molar-refractivity contribution in [2.75, 3.05) is 16.4 Å². The van der Waals surface area contributed by atoms with Crippen LogP contribution in [-0.4, -0.2) is 21.1 Å². The number of carbonyl (C=O) groups is 1. The molecule has 0 fully saturated rings. The summed E-state index contributed by atoms with van der Waals surface area (Å²) in [4.78, 5) is 13.5. The van der Waals surface area contributed by atoms with Gasteiger partial charge < -0.3 is 19.5 Å². The number of nitrogens with zero attached hydrogens (tertiary/aromatic N) is 1. The van der Waals surface area contributed by atoms with E-state index in [-0.39, 0.29) is 30.1 Å². The van der Waals surface area contributed by atoms with Gasteiger partial charge in [-0.1, -0.05) is 79.7 Å². The lowest BCUT2D eigenvalue weighted by molar-refractivity contribution is 0.102. The van der Waals surface area contributed by atoms with E-state index >= 15 is 0 Å². The summed E-state index contributed by atoms with van der Waals surface area (Å²) in [5.74, 6) is 0.937. The Bertz CT molecular complexity index is 1970. The average molecular weight is 619 g/mol. The Balaban J connectivity index is 1.37. The molecule has 0 saturated carbocycles. The lowest BCUT2D eigenvalue weighted by Crippen LogP contribution is -2.33. The van der Waals surface area contributed by atoms with Gasteiger partial charge in [0.15, 0.2) is 11.5 Å². The largest absolute Gasteiger partial charge is 0.487 e. The highest BCUT2D eigenvalue weighted by Gasteiger charge is 2.45. The number of amides is 1. The van der Waals surface area contributed by atoms with Crippen molar-refractivity contribution in [1.29, 1.82) is 0 Å². The Hall–Kier alpha value is -5.28. The van der Waals surface area contributed by atoms with E-state index in [9.17, 15) is 13.2 Å². The van der Waals surface area contributed by atoms with Gasteiger partial charge in [-0.05, 0) is 59.2 Å². The van der Waals surface area contributed by atoms with E-state index in [0.717, 1.165) is 16.7 Å². The van der Waals surface area contributed by atoms with Crippen molar-refractivity contribution in [3.63, 3.8) is 0 Å². The fourth-order valence-corrected chi connectivity index (χ4v) is 7.66. The van der Waals surface area contributed by atoms with Crippen LogP contribution in [-0.2, 0) is 16.6 Å². The van der Waals surface area contributed by atoms with Crippen LogP contribution in [0.25, 0.3) is 0 Å². The molecule has 1 N–H and O–H groups in total. The van der Waals surface area contributed by atoms with Crippen LogP contribution in [0.1, 0.15) is 45.9 Å². The van der Waals surface area contributed by atoms with Gasteiger partial charge in [-0.3, -0.25) is 9.10 Å². The summed E-state index contributed by atoms with van der Waals surface area (Å²) < 4.78 is 47.9. The van der Waals surface area contributed by atoms with Crippen LogP contribution >= 0.6 is 0 Å².